The molecule has 0 aliphatic rings. The number of rotatable bonds is 6. The summed E-state index contributed by atoms with van der Waals surface area (Å²) in [6.07, 6.45) is 2.53. The van der Waals surface area contributed by atoms with Gasteiger partial charge in [0.1, 0.15) is 10.7 Å². The van der Waals surface area contributed by atoms with Crippen LogP contribution in [0.2, 0.25) is 10.0 Å². The van der Waals surface area contributed by atoms with Crippen molar-refractivity contribution in [3.8, 4) is 0 Å². The molecule has 3 aromatic rings. The van der Waals surface area contributed by atoms with Gasteiger partial charge in [-0.25, -0.2) is 0 Å². The number of benzene rings is 1. The lowest BCUT2D eigenvalue weighted by Gasteiger charge is -2.08. The van der Waals surface area contributed by atoms with Crippen LogP contribution in [0.1, 0.15) is 17.0 Å². The Morgan fingerprint density at radius 1 is 1.32 bits per heavy atom. The maximum absolute atomic E-state index is 12.0. The second-order valence-electron chi connectivity index (χ2n) is 5.78. The van der Waals surface area contributed by atoms with Crippen molar-refractivity contribution in [2.24, 2.45) is 0 Å². The van der Waals surface area contributed by atoms with Gasteiger partial charge < -0.3 is 9.73 Å². The van der Waals surface area contributed by atoms with Gasteiger partial charge in [0, 0.05) is 33.4 Å². The van der Waals surface area contributed by atoms with Crippen molar-refractivity contribution < 1.29 is 14.1 Å². The van der Waals surface area contributed by atoms with Gasteiger partial charge in [0.05, 0.1) is 12.6 Å². The number of hydrogen-bond acceptors (Lipinski definition) is 5. The van der Waals surface area contributed by atoms with E-state index < -0.39 is 16.7 Å². The summed E-state index contributed by atoms with van der Waals surface area (Å²) < 4.78 is 6.62. The molecule has 0 atom stereocenters. The number of hydrogen-bond donors (Lipinski definition) is 1. The normalized spacial score (nSPS) is 11.1. The van der Waals surface area contributed by atoms with Crippen LogP contribution in [0.3, 0.4) is 0 Å². The van der Waals surface area contributed by atoms with Crippen LogP contribution in [-0.4, -0.2) is 20.6 Å². The molecule has 2 aromatic heterocycles. The lowest BCUT2D eigenvalue weighted by Crippen LogP contribution is -2.10. The molecule has 0 saturated heterocycles. The Hall–Kier alpha value is -3.10. The summed E-state index contributed by atoms with van der Waals surface area (Å²) in [6.45, 7) is 2.19. The lowest BCUT2D eigenvalue weighted by atomic mass is 10.2. The van der Waals surface area contributed by atoms with Gasteiger partial charge in [-0.15, -0.1) is 0 Å². The Labute approximate surface area is 169 Å². The van der Waals surface area contributed by atoms with E-state index in [1.54, 1.807) is 28.9 Å². The highest BCUT2D eigenvalue weighted by Crippen LogP contribution is 2.26. The van der Waals surface area contributed by atoms with E-state index in [1.807, 2.05) is 6.92 Å². The number of carbonyl (C=O) groups is 1. The molecule has 0 aliphatic carbocycles. The summed E-state index contributed by atoms with van der Waals surface area (Å²) in [4.78, 5) is 22.0. The van der Waals surface area contributed by atoms with E-state index in [0.717, 1.165) is 11.3 Å². The monoisotopic (exact) mass is 420 g/mol. The lowest BCUT2D eigenvalue weighted by molar-refractivity contribution is -0.402. The maximum atomic E-state index is 12.0. The van der Waals surface area contributed by atoms with Gasteiger partial charge in [0.25, 0.3) is 0 Å². The highest BCUT2D eigenvalue weighted by atomic mass is 35.5. The molecule has 3 rings (SSSR count). The summed E-state index contributed by atoms with van der Waals surface area (Å²) >= 11 is 12.4. The number of aryl methyl sites for hydroxylation is 1. The summed E-state index contributed by atoms with van der Waals surface area (Å²) in [6, 6.07) is 9.56. The molecule has 1 amide bonds. The molecule has 2 heterocycles. The number of amides is 1. The molecule has 1 aromatic carbocycles. The molecule has 0 bridgehead atoms. The number of nitrogens with zero attached hydrogens (tertiary/aromatic N) is 3. The van der Waals surface area contributed by atoms with Gasteiger partial charge in [-0.1, -0.05) is 29.3 Å². The standard InChI is InChI=1S/C18H14Cl2N4O4/c1-11-9-16(22-23(11)10-13-14(19)3-2-4-15(13)20)21-17(25)7-5-12-6-8-18(28-12)24(26)27/h2-9H,10H2,1H3,(H,21,22,25)/b7-5+. The zero-order valence-corrected chi connectivity index (χ0v) is 16.1. The predicted octanol–water partition coefficient (Wildman–Crippen LogP) is 4.70. The predicted molar refractivity (Wildman–Crippen MR) is 106 cm³/mol. The van der Waals surface area contributed by atoms with Gasteiger partial charge in [-0.2, -0.15) is 5.10 Å². The van der Waals surface area contributed by atoms with Crippen LogP contribution in [-0.2, 0) is 11.3 Å². The quantitative estimate of drug-likeness (QED) is 0.353. The second-order valence-corrected chi connectivity index (χ2v) is 6.60. The van der Waals surface area contributed by atoms with Gasteiger partial charge in [0.15, 0.2) is 5.82 Å². The molecular formula is C18H14Cl2N4O4. The van der Waals surface area contributed by atoms with Crippen molar-refractivity contribution in [1.82, 2.24) is 9.78 Å². The second kappa shape index (κ2) is 8.28. The fourth-order valence-corrected chi connectivity index (χ4v) is 2.94. The number of furan rings is 1. The van der Waals surface area contributed by atoms with Gasteiger partial charge in [-0.05, 0) is 31.2 Å². The van der Waals surface area contributed by atoms with Crippen LogP contribution in [0.5, 0.6) is 0 Å². The summed E-state index contributed by atoms with van der Waals surface area (Å²) in [5.41, 5.74) is 1.53. The van der Waals surface area contributed by atoms with E-state index in [0.29, 0.717) is 22.4 Å². The van der Waals surface area contributed by atoms with E-state index in [1.165, 1.54) is 24.3 Å². The minimum Gasteiger partial charge on any atom is -0.401 e. The Kier molecular flexibility index (Phi) is 5.81. The van der Waals surface area contributed by atoms with E-state index in [4.69, 9.17) is 27.6 Å². The summed E-state index contributed by atoms with van der Waals surface area (Å²) in [5.74, 6) is -0.315. The van der Waals surface area contributed by atoms with E-state index >= 15 is 0 Å². The molecule has 144 valence electrons. The number of carbonyl (C=O) groups excluding carboxylic acids is 1. The molecule has 0 radical (unpaired) electrons. The number of nitro groups is 1. The highest BCUT2D eigenvalue weighted by molar-refractivity contribution is 6.35. The number of aromatic nitrogens is 2. The van der Waals surface area contributed by atoms with Crippen LogP contribution >= 0.6 is 23.2 Å². The Morgan fingerprint density at radius 3 is 2.68 bits per heavy atom. The van der Waals surface area contributed by atoms with Crippen molar-refractivity contribution in [1.29, 1.82) is 0 Å². The summed E-state index contributed by atoms with van der Waals surface area (Å²) in [7, 11) is 0. The van der Waals surface area contributed by atoms with Gasteiger partial charge in [-0.3, -0.25) is 19.6 Å². The number of nitrogens with one attached hydrogen (secondary N) is 1. The third-order valence-corrected chi connectivity index (χ3v) is 4.50. The first kappa shape index (κ1) is 19.7. The molecule has 0 unspecified atom stereocenters. The first-order valence-corrected chi connectivity index (χ1v) is 8.79. The van der Waals surface area contributed by atoms with Crippen molar-refractivity contribution in [2.45, 2.75) is 13.5 Å². The van der Waals surface area contributed by atoms with Crippen molar-refractivity contribution in [3.05, 3.63) is 79.7 Å². The average Bonchev–Trinajstić information content (AvgIpc) is 3.23. The van der Waals surface area contributed by atoms with E-state index in [-0.39, 0.29) is 5.76 Å². The fraction of sp³-hybridized carbons (Fsp3) is 0.111. The maximum Gasteiger partial charge on any atom is 0.433 e. The van der Waals surface area contributed by atoms with Crippen LogP contribution in [0.25, 0.3) is 6.08 Å². The highest BCUT2D eigenvalue weighted by Gasteiger charge is 2.12. The topological polar surface area (TPSA) is 103 Å². The molecule has 28 heavy (non-hydrogen) atoms. The average molecular weight is 421 g/mol. The largest absolute Gasteiger partial charge is 0.433 e. The van der Waals surface area contributed by atoms with E-state index in [9.17, 15) is 14.9 Å². The Balaban J connectivity index is 1.68. The van der Waals surface area contributed by atoms with Crippen LogP contribution in [0.15, 0.2) is 46.9 Å². The Morgan fingerprint density at radius 2 is 2.04 bits per heavy atom. The smallest absolute Gasteiger partial charge is 0.401 e. The zero-order chi connectivity index (χ0) is 20.3. The van der Waals surface area contributed by atoms with Crippen molar-refractivity contribution >= 4 is 46.9 Å². The first-order chi connectivity index (χ1) is 13.3. The summed E-state index contributed by atoms with van der Waals surface area (Å²) in [5, 5.41) is 18.6. The third-order valence-electron chi connectivity index (χ3n) is 3.79. The van der Waals surface area contributed by atoms with Gasteiger partial charge >= 0.3 is 5.88 Å². The number of halogens is 2. The number of anilines is 1. The first-order valence-electron chi connectivity index (χ1n) is 8.04. The van der Waals surface area contributed by atoms with Crippen molar-refractivity contribution in [2.75, 3.05) is 5.32 Å². The SMILES string of the molecule is Cc1cc(NC(=O)/C=C/c2ccc([N+](=O)[O-])o2)nn1Cc1c(Cl)cccc1Cl. The van der Waals surface area contributed by atoms with Gasteiger partial charge in [0.2, 0.25) is 5.91 Å². The van der Waals surface area contributed by atoms with Crippen LogP contribution < -0.4 is 5.32 Å². The van der Waals surface area contributed by atoms with Crippen LogP contribution in [0, 0.1) is 17.0 Å². The zero-order valence-electron chi connectivity index (χ0n) is 14.6. The molecule has 1 N–H and O–H groups in total. The minimum absolute atomic E-state index is 0.192. The van der Waals surface area contributed by atoms with Crippen molar-refractivity contribution in [3.63, 3.8) is 0 Å². The van der Waals surface area contributed by atoms with E-state index in [2.05, 4.69) is 10.4 Å². The molecular weight excluding hydrogens is 407 g/mol. The minimum atomic E-state index is -0.655. The molecule has 0 spiro atoms. The Bertz CT molecular complexity index is 1050. The molecule has 0 saturated carbocycles. The fourth-order valence-electron chi connectivity index (χ4n) is 2.42. The molecule has 10 heteroatoms. The molecule has 0 aliphatic heterocycles. The molecule has 0 fully saturated rings. The molecule has 8 nitrogen and oxygen atoms in total. The third kappa shape index (κ3) is 4.59. The van der Waals surface area contributed by atoms with Crippen LogP contribution in [0.4, 0.5) is 11.7 Å².